The Bertz CT molecular complexity index is 583. The highest BCUT2D eigenvalue weighted by molar-refractivity contribution is 7.89. The Labute approximate surface area is 118 Å². The highest BCUT2D eigenvalue weighted by Crippen LogP contribution is 2.27. The zero-order valence-electron chi connectivity index (χ0n) is 11.0. The number of primary sulfonamides is 1. The molecule has 1 atom stereocenters. The van der Waals surface area contributed by atoms with Crippen molar-refractivity contribution in [3.05, 3.63) is 24.3 Å². The zero-order valence-corrected chi connectivity index (χ0v) is 11.8. The van der Waals surface area contributed by atoms with Gasteiger partial charge in [-0.15, -0.1) is 0 Å². The van der Waals surface area contributed by atoms with Crippen LogP contribution in [-0.2, 0) is 14.8 Å². The Morgan fingerprint density at radius 1 is 1.30 bits per heavy atom. The van der Waals surface area contributed by atoms with Gasteiger partial charge >= 0.3 is 5.97 Å². The molecule has 0 bridgehead atoms. The molecule has 1 unspecified atom stereocenters. The Kier molecular flexibility index (Phi) is 4.29. The van der Waals surface area contributed by atoms with Crippen molar-refractivity contribution in [2.24, 2.45) is 5.14 Å². The van der Waals surface area contributed by atoms with Crippen LogP contribution in [0.1, 0.15) is 25.7 Å². The molecular formula is C13H18N2O4S. The highest BCUT2D eigenvalue weighted by Gasteiger charge is 2.25. The predicted molar refractivity (Wildman–Crippen MR) is 75.1 cm³/mol. The van der Waals surface area contributed by atoms with Gasteiger partial charge in [0, 0.05) is 18.3 Å². The number of carboxylic acids is 1. The molecule has 1 saturated heterocycles. The molecule has 1 aromatic carbocycles. The fourth-order valence-corrected chi connectivity index (χ4v) is 3.10. The first-order valence-corrected chi connectivity index (χ1v) is 8.04. The third-order valence-corrected chi connectivity index (χ3v) is 4.46. The molecule has 110 valence electrons. The van der Waals surface area contributed by atoms with Crippen LogP contribution in [0.3, 0.4) is 0 Å². The van der Waals surface area contributed by atoms with Crippen molar-refractivity contribution in [2.45, 2.75) is 36.6 Å². The lowest BCUT2D eigenvalue weighted by Crippen LogP contribution is -2.40. The van der Waals surface area contributed by atoms with Crippen LogP contribution < -0.4 is 10.0 Å². The molecule has 0 saturated carbocycles. The molecule has 3 N–H and O–H groups in total. The minimum Gasteiger partial charge on any atom is -0.481 e. The van der Waals surface area contributed by atoms with Gasteiger partial charge < -0.3 is 10.0 Å². The standard InChI is InChI=1S/C13H18N2O4S/c14-20(18,19)12-6-4-10(5-7-12)15-8-2-1-3-11(15)9-13(16)17/h4-7,11H,1-3,8-9H2,(H,16,17)(H2,14,18,19). The number of anilines is 1. The van der Waals surface area contributed by atoms with Crippen molar-refractivity contribution >= 4 is 21.7 Å². The maximum atomic E-state index is 11.2. The van der Waals surface area contributed by atoms with E-state index in [1.54, 1.807) is 12.1 Å². The number of aliphatic carboxylic acids is 1. The molecule has 1 aromatic rings. The molecule has 20 heavy (non-hydrogen) atoms. The lowest BCUT2D eigenvalue weighted by atomic mass is 9.98. The number of carbonyl (C=O) groups is 1. The van der Waals surface area contributed by atoms with E-state index in [1.807, 2.05) is 4.90 Å². The molecule has 1 heterocycles. The minimum absolute atomic E-state index is 0.0402. The van der Waals surface area contributed by atoms with Crippen LogP contribution in [-0.4, -0.2) is 32.1 Å². The third kappa shape index (κ3) is 3.49. The quantitative estimate of drug-likeness (QED) is 0.869. The number of nitrogens with two attached hydrogens (primary N) is 1. The monoisotopic (exact) mass is 298 g/mol. The number of hydrogen-bond donors (Lipinski definition) is 2. The second kappa shape index (κ2) is 5.80. The number of rotatable bonds is 4. The number of benzene rings is 1. The van der Waals surface area contributed by atoms with E-state index in [2.05, 4.69) is 0 Å². The van der Waals surface area contributed by atoms with Gasteiger partial charge in [0.25, 0.3) is 0 Å². The second-order valence-electron chi connectivity index (χ2n) is 4.98. The zero-order chi connectivity index (χ0) is 14.8. The van der Waals surface area contributed by atoms with E-state index in [0.29, 0.717) is 0 Å². The average Bonchev–Trinajstić information content (AvgIpc) is 2.38. The van der Waals surface area contributed by atoms with Crippen molar-refractivity contribution in [1.82, 2.24) is 0 Å². The minimum atomic E-state index is -3.70. The van der Waals surface area contributed by atoms with Crippen molar-refractivity contribution in [3.8, 4) is 0 Å². The van der Waals surface area contributed by atoms with Crippen LogP contribution in [0, 0.1) is 0 Å². The lowest BCUT2D eigenvalue weighted by Gasteiger charge is -2.37. The molecular weight excluding hydrogens is 280 g/mol. The van der Waals surface area contributed by atoms with Crippen molar-refractivity contribution in [3.63, 3.8) is 0 Å². The van der Waals surface area contributed by atoms with E-state index >= 15 is 0 Å². The maximum Gasteiger partial charge on any atom is 0.305 e. The Morgan fingerprint density at radius 2 is 1.95 bits per heavy atom. The SMILES string of the molecule is NS(=O)(=O)c1ccc(N2CCCCC2CC(=O)O)cc1. The van der Waals surface area contributed by atoms with E-state index in [1.165, 1.54) is 12.1 Å². The molecule has 0 spiro atoms. The van der Waals surface area contributed by atoms with Gasteiger partial charge in [-0.1, -0.05) is 0 Å². The van der Waals surface area contributed by atoms with Crippen LogP contribution in [0.25, 0.3) is 0 Å². The summed E-state index contributed by atoms with van der Waals surface area (Å²) in [7, 11) is -3.70. The smallest absolute Gasteiger partial charge is 0.305 e. The predicted octanol–water partition coefficient (Wildman–Crippen LogP) is 1.17. The summed E-state index contributed by atoms with van der Waals surface area (Å²) >= 11 is 0. The van der Waals surface area contributed by atoms with Gasteiger partial charge in [-0.3, -0.25) is 4.79 Å². The third-order valence-electron chi connectivity index (χ3n) is 3.53. The lowest BCUT2D eigenvalue weighted by molar-refractivity contribution is -0.137. The van der Waals surface area contributed by atoms with Gasteiger partial charge in [0.1, 0.15) is 0 Å². The Hall–Kier alpha value is -1.60. The fourth-order valence-electron chi connectivity index (χ4n) is 2.58. The van der Waals surface area contributed by atoms with Gasteiger partial charge in [0.15, 0.2) is 0 Å². The molecule has 1 fully saturated rings. The summed E-state index contributed by atoms with van der Waals surface area (Å²) in [5.41, 5.74) is 0.836. The number of piperidine rings is 1. The van der Waals surface area contributed by atoms with Gasteiger partial charge in [-0.05, 0) is 43.5 Å². The van der Waals surface area contributed by atoms with Crippen molar-refractivity contribution < 1.29 is 18.3 Å². The van der Waals surface area contributed by atoms with Crippen LogP contribution in [0.15, 0.2) is 29.2 Å². The van der Waals surface area contributed by atoms with Gasteiger partial charge in [-0.2, -0.15) is 0 Å². The normalized spacial score (nSPS) is 19.9. The van der Waals surface area contributed by atoms with E-state index in [-0.39, 0.29) is 17.4 Å². The summed E-state index contributed by atoms with van der Waals surface area (Å²) in [5, 5.41) is 14.0. The molecule has 1 aliphatic rings. The molecule has 2 rings (SSSR count). The van der Waals surface area contributed by atoms with E-state index in [0.717, 1.165) is 31.5 Å². The van der Waals surface area contributed by atoms with E-state index in [9.17, 15) is 13.2 Å². The van der Waals surface area contributed by atoms with Gasteiger partial charge in [0.05, 0.1) is 11.3 Å². The molecule has 0 radical (unpaired) electrons. The number of nitrogens with zero attached hydrogens (tertiary/aromatic N) is 1. The van der Waals surface area contributed by atoms with Crippen molar-refractivity contribution in [1.29, 1.82) is 0 Å². The van der Waals surface area contributed by atoms with Crippen LogP contribution in [0.4, 0.5) is 5.69 Å². The summed E-state index contributed by atoms with van der Waals surface area (Å²) in [6.07, 6.45) is 2.96. The topological polar surface area (TPSA) is 101 Å². The van der Waals surface area contributed by atoms with E-state index in [4.69, 9.17) is 10.2 Å². The first-order valence-electron chi connectivity index (χ1n) is 6.49. The number of carboxylic acid groups (broad SMARTS) is 1. The molecule has 0 aliphatic carbocycles. The molecule has 0 aromatic heterocycles. The summed E-state index contributed by atoms with van der Waals surface area (Å²) in [4.78, 5) is 13.0. The van der Waals surface area contributed by atoms with Crippen LogP contribution in [0.5, 0.6) is 0 Å². The molecule has 1 aliphatic heterocycles. The summed E-state index contributed by atoms with van der Waals surface area (Å²) in [6.45, 7) is 0.784. The number of hydrogen-bond acceptors (Lipinski definition) is 4. The molecule has 7 heteroatoms. The molecule has 6 nitrogen and oxygen atoms in total. The Balaban J connectivity index is 2.22. The van der Waals surface area contributed by atoms with Crippen molar-refractivity contribution in [2.75, 3.05) is 11.4 Å². The summed E-state index contributed by atoms with van der Waals surface area (Å²) in [5.74, 6) is -0.817. The second-order valence-corrected chi connectivity index (χ2v) is 6.54. The Morgan fingerprint density at radius 3 is 2.50 bits per heavy atom. The van der Waals surface area contributed by atoms with Crippen LogP contribution >= 0.6 is 0 Å². The van der Waals surface area contributed by atoms with E-state index < -0.39 is 16.0 Å². The van der Waals surface area contributed by atoms with Gasteiger partial charge in [0.2, 0.25) is 10.0 Å². The summed E-state index contributed by atoms with van der Waals surface area (Å²) in [6, 6.07) is 6.23. The largest absolute Gasteiger partial charge is 0.481 e. The average molecular weight is 298 g/mol. The first-order chi connectivity index (χ1) is 9.38. The fraction of sp³-hybridized carbons (Fsp3) is 0.462. The summed E-state index contributed by atoms with van der Waals surface area (Å²) < 4.78 is 22.4. The number of sulfonamides is 1. The molecule has 0 amide bonds. The highest BCUT2D eigenvalue weighted by atomic mass is 32.2. The van der Waals surface area contributed by atoms with Gasteiger partial charge in [-0.25, -0.2) is 13.6 Å². The van der Waals surface area contributed by atoms with Crippen LogP contribution in [0.2, 0.25) is 0 Å². The maximum absolute atomic E-state index is 11.2. The first kappa shape index (κ1) is 14.8.